The number of rotatable bonds is 1. The number of para-hydroxylation sites is 1. The van der Waals surface area contributed by atoms with Crippen molar-refractivity contribution in [3.8, 4) is 5.69 Å². The number of hydrogen-bond donors (Lipinski definition) is 0. The average molecular weight is 315 g/mol. The molecule has 0 atom stereocenters. The lowest BCUT2D eigenvalue weighted by atomic mass is 9.86. The quantitative estimate of drug-likeness (QED) is 0.484. The lowest BCUT2D eigenvalue weighted by Gasteiger charge is -2.19. The minimum absolute atomic E-state index is 0.131. The van der Waals surface area contributed by atoms with Crippen LogP contribution in [0.2, 0.25) is 0 Å². The highest BCUT2D eigenvalue weighted by Gasteiger charge is 2.16. The molecule has 2 aromatic carbocycles. The third kappa shape index (κ3) is 2.37. The van der Waals surface area contributed by atoms with Gasteiger partial charge in [-0.05, 0) is 48.2 Å². The molecule has 120 valence electrons. The van der Waals surface area contributed by atoms with E-state index in [1.807, 2.05) is 29.8 Å². The minimum atomic E-state index is 0.131. The predicted octanol–water partition coefficient (Wildman–Crippen LogP) is 5.18. The van der Waals surface area contributed by atoms with Crippen LogP contribution in [0.25, 0.3) is 27.6 Å². The molecule has 4 rings (SSSR count). The molecule has 4 aromatic rings. The average Bonchev–Trinajstić information content (AvgIpc) is 2.89. The van der Waals surface area contributed by atoms with Gasteiger partial charge in [-0.3, -0.25) is 0 Å². The van der Waals surface area contributed by atoms with Crippen LogP contribution in [-0.2, 0) is 5.41 Å². The van der Waals surface area contributed by atoms with E-state index in [0.717, 1.165) is 27.9 Å². The molecule has 0 aliphatic carbocycles. The van der Waals surface area contributed by atoms with Gasteiger partial charge in [0.15, 0.2) is 5.65 Å². The van der Waals surface area contributed by atoms with Crippen molar-refractivity contribution in [2.45, 2.75) is 33.1 Å². The van der Waals surface area contributed by atoms with Gasteiger partial charge in [0.25, 0.3) is 0 Å². The Hall–Kier alpha value is -2.68. The Labute approximate surface area is 142 Å². The van der Waals surface area contributed by atoms with Gasteiger partial charge in [0, 0.05) is 10.8 Å². The second-order valence-electron chi connectivity index (χ2n) is 7.35. The van der Waals surface area contributed by atoms with Crippen molar-refractivity contribution in [3.63, 3.8) is 0 Å². The van der Waals surface area contributed by atoms with Gasteiger partial charge in [0.1, 0.15) is 0 Å². The van der Waals surface area contributed by atoms with Crippen molar-refractivity contribution >= 4 is 21.9 Å². The zero-order valence-corrected chi connectivity index (χ0v) is 14.5. The Morgan fingerprint density at radius 2 is 1.67 bits per heavy atom. The van der Waals surface area contributed by atoms with Crippen molar-refractivity contribution < 1.29 is 0 Å². The number of fused-ring (bicyclic) bond motifs is 2. The summed E-state index contributed by atoms with van der Waals surface area (Å²) in [5.41, 5.74) is 5.41. The molecular formula is C21H21N3. The van der Waals surface area contributed by atoms with E-state index in [0.29, 0.717) is 0 Å². The SMILES string of the molecule is Cc1nn(-c2ccccc2)c2nc3ccc(C(C)(C)C)cc3cc12. The van der Waals surface area contributed by atoms with Crippen LogP contribution in [-0.4, -0.2) is 14.8 Å². The Bertz CT molecular complexity index is 1040. The molecule has 0 radical (unpaired) electrons. The molecule has 0 bridgehead atoms. The first-order valence-corrected chi connectivity index (χ1v) is 8.29. The summed E-state index contributed by atoms with van der Waals surface area (Å²) in [7, 11) is 0. The maximum Gasteiger partial charge on any atom is 0.163 e. The highest BCUT2D eigenvalue weighted by Crippen LogP contribution is 2.29. The zero-order chi connectivity index (χ0) is 16.9. The maximum absolute atomic E-state index is 4.90. The van der Waals surface area contributed by atoms with Crippen LogP contribution in [0.4, 0.5) is 0 Å². The predicted molar refractivity (Wildman–Crippen MR) is 99.8 cm³/mol. The summed E-state index contributed by atoms with van der Waals surface area (Å²) in [6.07, 6.45) is 0. The summed E-state index contributed by atoms with van der Waals surface area (Å²) in [6.45, 7) is 8.75. The van der Waals surface area contributed by atoms with Gasteiger partial charge in [0.05, 0.1) is 16.9 Å². The van der Waals surface area contributed by atoms with E-state index in [2.05, 4.69) is 57.2 Å². The smallest absolute Gasteiger partial charge is 0.163 e. The van der Waals surface area contributed by atoms with Gasteiger partial charge in [-0.1, -0.05) is 45.0 Å². The van der Waals surface area contributed by atoms with Crippen LogP contribution < -0.4 is 0 Å². The second kappa shape index (κ2) is 5.17. The normalized spacial score (nSPS) is 12.2. The van der Waals surface area contributed by atoms with E-state index in [9.17, 15) is 0 Å². The Morgan fingerprint density at radius 3 is 2.38 bits per heavy atom. The molecule has 3 heteroatoms. The number of nitrogens with zero attached hydrogens (tertiary/aromatic N) is 3. The van der Waals surface area contributed by atoms with Crippen molar-refractivity contribution in [2.24, 2.45) is 0 Å². The molecule has 24 heavy (non-hydrogen) atoms. The Kier molecular flexibility index (Phi) is 3.20. The third-order valence-corrected chi connectivity index (χ3v) is 4.50. The van der Waals surface area contributed by atoms with Crippen LogP contribution in [0.3, 0.4) is 0 Å². The first-order chi connectivity index (χ1) is 11.4. The van der Waals surface area contributed by atoms with E-state index in [-0.39, 0.29) is 5.41 Å². The van der Waals surface area contributed by atoms with Crippen LogP contribution in [0.5, 0.6) is 0 Å². The molecule has 2 aromatic heterocycles. The molecule has 0 aliphatic rings. The Balaban J connectivity index is 1.99. The molecule has 0 unspecified atom stereocenters. The number of pyridine rings is 1. The van der Waals surface area contributed by atoms with Crippen molar-refractivity contribution in [3.05, 3.63) is 65.9 Å². The number of aryl methyl sites for hydroxylation is 1. The van der Waals surface area contributed by atoms with Crippen molar-refractivity contribution in [2.75, 3.05) is 0 Å². The minimum Gasteiger partial charge on any atom is -0.228 e. The molecule has 2 heterocycles. The number of hydrogen-bond acceptors (Lipinski definition) is 2. The fraction of sp³-hybridized carbons (Fsp3) is 0.238. The van der Waals surface area contributed by atoms with Crippen LogP contribution in [0.15, 0.2) is 54.6 Å². The molecule has 0 saturated carbocycles. The summed E-state index contributed by atoms with van der Waals surface area (Å²) in [6, 6.07) is 18.9. The first kappa shape index (κ1) is 14.9. The number of aromatic nitrogens is 3. The van der Waals surface area contributed by atoms with Crippen molar-refractivity contribution in [1.29, 1.82) is 0 Å². The van der Waals surface area contributed by atoms with Gasteiger partial charge < -0.3 is 0 Å². The molecule has 0 amide bonds. The molecule has 0 fully saturated rings. The first-order valence-electron chi connectivity index (χ1n) is 8.29. The zero-order valence-electron chi connectivity index (χ0n) is 14.5. The van der Waals surface area contributed by atoms with Crippen LogP contribution in [0.1, 0.15) is 32.0 Å². The standard InChI is InChI=1S/C21H21N3/c1-14-18-13-15-12-16(21(2,3)4)10-11-19(15)22-20(18)24(23-14)17-8-6-5-7-9-17/h5-13H,1-4H3. The molecule has 3 nitrogen and oxygen atoms in total. The third-order valence-electron chi connectivity index (χ3n) is 4.50. The summed E-state index contributed by atoms with van der Waals surface area (Å²) >= 11 is 0. The molecule has 0 aliphatic heterocycles. The van der Waals surface area contributed by atoms with Gasteiger partial charge in [0.2, 0.25) is 0 Å². The van der Waals surface area contributed by atoms with E-state index >= 15 is 0 Å². The largest absolute Gasteiger partial charge is 0.228 e. The summed E-state index contributed by atoms with van der Waals surface area (Å²) in [5, 5.41) is 6.99. The summed E-state index contributed by atoms with van der Waals surface area (Å²) < 4.78 is 1.93. The molecule has 0 saturated heterocycles. The van der Waals surface area contributed by atoms with Crippen LogP contribution >= 0.6 is 0 Å². The molecular weight excluding hydrogens is 294 g/mol. The van der Waals surface area contributed by atoms with Gasteiger partial charge in [-0.2, -0.15) is 5.10 Å². The lowest BCUT2D eigenvalue weighted by Crippen LogP contribution is -2.10. The highest BCUT2D eigenvalue weighted by molar-refractivity contribution is 5.93. The highest BCUT2D eigenvalue weighted by atomic mass is 15.3. The Morgan fingerprint density at radius 1 is 0.917 bits per heavy atom. The van der Waals surface area contributed by atoms with E-state index in [1.54, 1.807) is 0 Å². The van der Waals surface area contributed by atoms with E-state index in [1.165, 1.54) is 10.9 Å². The monoisotopic (exact) mass is 315 g/mol. The molecule has 0 N–H and O–H groups in total. The summed E-state index contributed by atoms with van der Waals surface area (Å²) in [5.74, 6) is 0. The number of benzene rings is 2. The van der Waals surface area contributed by atoms with Gasteiger partial charge in [-0.25, -0.2) is 9.67 Å². The lowest BCUT2D eigenvalue weighted by molar-refractivity contribution is 0.591. The molecule has 0 spiro atoms. The fourth-order valence-corrected chi connectivity index (χ4v) is 3.06. The topological polar surface area (TPSA) is 30.7 Å². The summed E-state index contributed by atoms with van der Waals surface area (Å²) in [4.78, 5) is 4.90. The van der Waals surface area contributed by atoms with Gasteiger partial charge >= 0.3 is 0 Å². The van der Waals surface area contributed by atoms with Crippen molar-refractivity contribution in [1.82, 2.24) is 14.8 Å². The van der Waals surface area contributed by atoms with Gasteiger partial charge in [-0.15, -0.1) is 0 Å². The van der Waals surface area contributed by atoms with E-state index in [4.69, 9.17) is 10.1 Å². The second-order valence-corrected chi connectivity index (χ2v) is 7.35. The fourth-order valence-electron chi connectivity index (χ4n) is 3.06. The van der Waals surface area contributed by atoms with Crippen LogP contribution in [0, 0.1) is 6.92 Å². The maximum atomic E-state index is 4.90. The van der Waals surface area contributed by atoms with E-state index < -0.39 is 0 Å².